The van der Waals surface area contributed by atoms with Crippen LogP contribution in [-0.2, 0) is 4.74 Å². The van der Waals surface area contributed by atoms with Crippen molar-refractivity contribution >= 4 is 28.6 Å². The van der Waals surface area contributed by atoms with Crippen molar-refractivity contribution in [3.8, 4) is 11.5 Å². The minimum absolute atomic E-state index is 0.155. The molecule has 0 saturated carbocycles. The van der Waals surface area contributed by atoms with E-state index in [-0.39, 0.29) is 12.2 Å². The van der Waals surface area contributed by atoms with Crippen LogP contribution in [0.15, 0.2) is 18.5 Å². The Labute approximate surface area is 157 Å². The molecule has 0 aliphatic carbocycles. The SMILES string of the molecule is COc1cc2ncnc(Cl)c2cc1OC1CCN(C(=O)OC(C)(C)C)C1. The predicted molar refractivity (Wildman–Crippen MR) is 97.9 cm³/mol. The molecule has 140 valence electrons. The van der Waals surface area contributed by atoms with Crippen LogP contribution in [0.2, 0.25) is 5.15 Å². The number of nitrogens with zero attached hydrogens (tertiary/aromatic N) is 3. The number of ether oxygens (including phenoxy) is 3. The van der Waals surface area contributed by atoms with E-state index in [2.05, 4.69) is 9.97 Å². The summed E-state index contributed by atoms with van der Waals surface area (Å²) in [7, 11) is 1.57. The van der Waals surface area contributed by atoms with Gasteiger partial charge in [0.25, 0.3) is 0 Å². The van der Waals surface area contributed by atoms with Gasteiger partial charge in [-0.2, -0.15) is 0 Å². The Morgan fingerprint density at radius 3 is 2.73 bits per heavy atom. The standard InChI is InChI=1S/C18H22ClN3O4/c1-18(2,3)26-17(23)22-6-5-11(9-22)25-15-7-12-13(8-14(15)24-4)20-10-21-16(12)19/h7-8,10-11H,5-6,9H2,1-4H3. The van der Waals surface area contributed by atoms with Crippen LogP contribution in [0.3, 0.4) is 0 Å². The van der Waals surface area contributed by atoms with Crippen LogP contribution in [0.5, 0.6) is 11.5 Å². The van der Waals surface area contributed by atoms with Crippen LogP contribution >= 0.6 is 11.6 Å². The first-order chi connectivity index (χ1) is 12.3. The van der Waals surface area contributed by atoms with Gasteiger partial charge in [0, 0.05) is 24.4 Å². The lowest BCUT2D eigenvalue weighted by atomic mass is 10.2. The Morgan fingerprint density at radius 2 is 2.04 bits per heavy atom. The molecule has 1 unspecified atom stereocenters. The maximum Gasteiger partial charge on any atom is 0.410 e. The van der Waals surface area contributed by atoms with Gasteiger partial charge in [-0.15, -0.1) is 0 Å². The predicted octanol–water partition coefficient (Wildman–Crippen LogP) is 3.68. The number of likely N-dealkylation sites (tertiary alicyclic amines) is 1. The van der Waals surface area contributed by atoms with Gasteiger partial charge in [0.15, 0.2) is 11.5 Å². The molecule has 8 heteroatoms. The number of carbonyl (C=O) groups is 1. The Kier molecular flexibility index (Phi) is 5.09. The van der Waals surface area contributed by atoms with Crippen LogP contribution in [0, 0.1) is 0 Å². The molecule has 2 heterocycles. The Hall–Kier alpha value is -2.28. The number of rotatable bonds is 3. The molecule has 1 atom stereocenters. The third-order valence-corrected chi connectivity index (χ3v) is 4.26. The third-order valence-electron chi connectivity index (χ3n) is 3.96. The molecular weight excluding hydrogens is 358 g/mol. The van der Waals surface area contributed by atoms with Crippen LogP contribution in [0.1, 0.15) is 27.2 Å². The van der Waals surface area contributed by atoms with Crippen LogP contribution < -0.4 is 9.47 Å². The van der Waals surface area contributed by atoms with Gasteiger partial charge in [0.1, 0.15) is 23.2 Å². The van der Waals surface area contributed by atoms with Gasteiger partial charge in [-0.05, 0) is 26.8 Å². The zero-order valence-electron chi connectivity index (χ0n) is 15.3. The number of benzene rings is 1. The molecule has 2 aromatic rings. The summed E-state index contributed by atoms with van der Waals surface area (Å²) < 4.78 is 16.9. The normalized spacial score (nSPS) is 17.4. The number of fused-ring (bicyclic) bond motifs is 1. The van der Waals surface area contributed by atoms with Gasteiger partial charge in [-0.3, -0.25) is 0 Å². The van der Waals surface area contributed by atoms with Crippen LogP contribution in [0.4, 0.5) is 4.79 Å². The number of aromatic nitrogens is 2. The fraction of sp³-hybridized carbons (Fsp3) is 0.500. The van der Waals surface area contributed by atoms with Crippen molar-refractivity contribution in [3.05, 3.63) is 23.6 Å². The van der Waals surface area contributed by atoms with Crippen LogP contribution in [-0.4, -0.2) is 52.9 Å². The number of methoxy groups -OCH3 is 1. The Morgan fingerprint density at radius 1 is 1.27 bits per heavy atom. The molecule has 7 nitrogen and oxygen atoms in total. The van der Waals surface area contributed by atoms with Gasteiger partial charge in [0.2, 0.25) is 0 Å². The molecule has 1 amide bonds. The highest BCUT2D eigenvalue weighted by Gasteiger charge is 2.31. The third kappa shape index (κ3) is 4.09. The van der Waals surface area contributed by atoms with E-state index in [1.54, 1.807) is 24.1 Å². The summed E-state index contributed by atoms with van der Waals surface area (Å²) in [6.07, 6.45) is 1.63. The number of carbonyl (C=O) groups excluding carboxylic acids is 1. The maximum absolute atomic E-state index is 12.2. The van der Waals surface area contributed by atoms with Gasteiger partial charge in [0.05, 0.1) is 19.2 Å². The molecule has 1 aliphatic rings. The first-order valence-electron chi connectivity index (χ1n) is 8.39. The van der Waals surface area contributed by atoms with Crippen molar-refractivity contribution in [2.45, 2.75) is 38.9 Å². The molecule has 1 aliphatic heterocycles. The van der Waals surface area contributed by atoms with Gasteiger partial charge >= 0.3 is 6.09 Å². The van der Waals surface area contributed by atoms with E-state index in [0.717, 1.165) is 0 Å². The molecular formula is C18H22ClN3O4. The minimum Gasteiger partial charge on any atom is -0.493 e. The second-order valence-corrected chi connectivity index (χ2v) is 7.50. The Balaban J connectivity index is 1.75. The average Bonchev–Trinajstić information content (AvgIpc) is 3.02. The summed E-state index contributed by atoms with van der Waals surface area (Å²) in [5.74, 6) is 1.11. The van der Waals surface area contributed by atoms with E-state index in [0.29, 0.717) is 47.1 Å². The van der Waals surface area contributed by atoms with Crippen molar-refractivity contribution < 1.29 is 19.0 Å². The zero-order valence-corrected chi connectivity index (χ0v) is 16.0. The smallest absolute Gasteiger partial charge is 0.410 e. The molecule has 0 spiro atoms. The topological polar surface area (TPSA) is 73.8 Å². The highest BCUT2D eigenvalue weighted by atomic mass is 35.5. The van der Waals surface area contributed by atoms with E-state index >= 15 is 0 Å². The lowest BCUT2D eigenvalue weighted by Crippen LogP contribution is -2.36. The highest BCUT2D eigenvalue weighted by Crippen LogP contribution is 2.35. The zero-order chi connectivity index (χ0) is 18.9. The molecule has 0 N–H and O–H groups in total. The fourth-order valence-corrected chi connectivity index (χ4v) is 2.98. The summed E-state index contributed by atoms with van der Waals surface area (Å²) in [5, 5.41) is 1.04. The monoisotopic (exact) mass is 379 g/mol. The van der Waals surface area contributed by atoms with E-state index in [4.69, 9.17) is 25.8 Å². The minimum atomic E-state index is -0.520. The number of hydrogen-bond acceptors (Lipinski definition) is 6. The lowest BCUT2D eigenvalue weighted by Gasteiger charge is -2.24. The van der Waals surface area contributed by atoms with Crippen molar-refractivity contribution in [2.75, 3.05) is 20.2 Å². The second kappa shape index (κ2) is 7.15. The molecule has 1 aromatic carbocycles. The summed E-state index contributed by atoms with van der Waals surface area (Å²) >= 11 is 6.15. The summed E-state index contributed by atoms with van der Waals surface area (Å²) in [6.45, 7) is 6.58. The maximum atomic E-state index is 12.2. The second-order valence-electron chi connectivity index (χ2n) is 7.14. The fourth-order valence-electron chi connectivity index (χ4n) is 2.78. The number of halogens is 1. The lowest BCUT2D eigenvalue weighted by molar-refractivity contribution is 0.0275. The highest BCUT2D eigenvalue weighted by molar-refractivity contribution is 6.34. The summed E-state index contributed by atoms with van der Waals surface area (Å²) in [5.41, 5.74) is 0.157. The number of hydrogen-bond donors (Lipinski definition) is 0. The van der Waals surface area contributed by atoms with E-state index < -0.39 is 5.60 Å². The molecule has 1 aromatic heterocycles. The largest absolute Gasteiger partial charge is 0.493 e. The first-order valence-corrected chi connectivity index (χ1v) is 8.77. The van der Waals surface area contributed by atoms with Gasteiger partial charge < -0.3 is 19.1 Å². The summed E-state index contributed by atoms with van der Waals surface area (Å²) in [6, 6.07) is 3.53. The van der Waals surface area contributed by atoms with Crippen molar-refractivity contribution in [1.82, 2.24) is 14.9 Å². The molecule has 26 heavy (non-hydrogen) atoms. The van der Waals surface area contributed by atoms with Crippen molar-refractivity contribution in [3.63, 3.8) is 0 Å². The van der Waals surface area contributed by atoms with Crippen LogP contribution in [0.25, 0.3) is 10.9 Å². The van der Waals surface area contributed by atoms with Gasteiger partial charge in [-0.1, -0.05) is 11.6 Å². The van der Waals surface area contributed by atoms with E-state index in [9.17, 15) is 4.79 Å². The van der Waals surface area contributed by atoms with E-state index in [1.807, 2.05) is 20.8 Å². The van der Waals surface area contributed by atoms with Crippen molar-refractivity contribution in [2.24, 2.45) is 0 Å². The Bertz CT molecular complexity index is 822. The molecule has 1 saturated heterocycles. The quantitative estimate of drug-likeness (QED) is 0.757. The first kappa shape index (κ1) is 18.5. The van der Waals surface area contributed by atoms with Gasteiger partial charge in [-0.25, -0.2) is 14.8 Å². The molecule has 0 bridgehead atoms. The average molecular weight is 380 g/mol. The van der Waals surface area contributed by atoms with Crippen molar-refractivity contribution in [1.29, 1.82) is 0 Å². The van der Waals surface area contributed by atoms with E-state index in [1.165, 1.54) is 6.33 Å². The summed E-state index contributed by atoms with van der Waals surface area (Å²) in [4.78, 5) is 22.0. The molecule has 0 radical (unpaired) electrons. The molecule has 3 rings (SSSR count). The number of amides is 1. The molecule has 1 fully saturated rings.